The van der Waals surface area contributed by atoms with Gasteiger partial charge in [0.2, 0.25) is 0 Å². The summed E-state index contributed by atoms with van der Waals surface area (Å²) in [5, 5.41) is 6.15. The molecule has 0 saturated carbocycles. The molecule has 0 bridgehead atoms. The average molecular weight is 424 g/mol. The largest absolute Gasteiger partial charge is 0.459 e. The van der Waals surface area contributed by atoms with Crippen LogP contribution in [-0.4, -0.2) is 21.4 Å². The van der Waals surface area contributed by atoms with Gasteiger partial charge in [-0.05, 0) is 42.0 Å². The molecule has 30 heavy (non-hydrogen) atoms. The lowest BCUT2D eigenvalue weighted by atomic mass is 10.1. The molecule has 0 radical (unpaired) electrons. The lowest BCUT2D eigenvalue weighted by molar-refractivity contribution is 0.0944. The quantitative estimate of drug-likeness (QED) is 0.490. The van der Waals surface area contributed by atoms with E-state index in [1.54, 1.807) is 53.4 Å². The molecule has 0 aliphatic heterocycles. The predicted molar refractivity (Wildman–Crippen MR) is 110 cm³/mol. The molecule has 1 aromatic carbocycles. The van der Waals surface area contributed by atoms with E-state index in [1.165, 1.54) is 18.4 Å². The van der Waals surface area contributed by atoms with Crippen molar-refractivity contribution in [1.29, 1.82) is 0 Å². The first-order chi connectivity index (χ1) is 14.5. The number of furan rings is 1. The maximum Gasteiger partial charge on any atom is 0.291 e. The van der Waals surface area contributed by atoms with Crippen molar-refractivity contribution in [2.75, 3.05) is 5.32 Å². The number of rotatable bonds is 6. The van der Waals surface area contributed by atoms with Crippen LogP contribution in [-0.2, 0) is 7.05 Å². The van der Waals surface area contributed by atoms with Gasteiger partial charge in [-0.1, -0.05) is 12.1 Å². The van der Waals surface area contributed by atoms with Gasteiger partial charge in [-0.2, -0.15) is 0 Å². The zero-order valence-corrected chi connectivity index (χ0v) is 16.7. The topological polar surface area (TPSA) is 89.2 Å². The Morgan fingerprint density at radius 1 is 1.13 bits per heavy atom. The van der Waals surface area contributed by atoms with Gasteiger partial charge < -0.3 is 19.6 Å². The molecular weight excluding hydrogens is 407 g/mol. The second-order valence-corrected chi connectivity index (χ2v) is 7.53. The number of hydrogen-bond acceptors (Lipinski definition) is 5. The fraction of sp³-hybridized carbons (Fsp3) is 0.0952. The Bertz CT molecular complexity index is 1170. The minimum Gasteiger partial charge on any atom is -0.459 e. The highest BCUT2D eigenvalue weighted by Gasteiger charge is 2.22. The molecule has 152 valence electrons. The standard InChI is InChI=1S/C21H17FN4O3S/c1-26-11-10-23-19(26)18(13-4-6-14(22)7-5-13)25-21(28)16-8-9-17(30-16)24-20(27)15-3-2-12-29-15/h2-12,18H,1H3,(H,24,27)(H,25,28). The highest BCUT2D eigenvalue weighted by Crippen LogP contribution is 2.25. The summed E-state index contributed by atoms with van der Waals surface area (Å²) in [6, 6.07) is 11.8. The van der Waals surface area contributed by atoms with Crippen molar-refractivity contribution in [2.45, 2.75) is 6.04 Å². The molecule has 0 aliphatic carbocycles. The molecule has 2 amide bonds. The Kier molecular flexibility index (Phi) is 5.44. The molecule has 7 nitrogen and oxygen atoms in total. The van der Waals surface area contributed by atoms with E-state index in [-0.39, 0.29) is 17.5 Å². The Labute approximate surface area is 175 Å². The van der Waals surface area contributed by atoms with Crippen LogP contribution < -0.4 is 10.6 Å². The SMILES string of the molecule is Cn1ccnc1C(NC(=O)c1ccc(NC(=O)c2ccco2)s1)c1ccc(F)cc1. The highest BCUT2D eigenvalue weighted by atomic mass is 32.1. The maximum absolute atomic E-state index is 13.4. The zero-order chi connectivity index (χ0) is 21.1. The van der Waals surface area contributed by atoms with Crippen LogP contribution in [0.2, 0.25) is 0 Å². The first-order valence-electron chi connectivity index (χ1n) is 8.99. The van der Waals surface area contributed by atoms with Crippen LogP contribution in [0, 0.1) is 5.82 Å². The van der Waals surface area contributed by atoms with Gasteiger partial charge in [-0.15, -0.1) is 11.3 Å². The van der Waals surface area contributed by atoms with Crippen molar-refractivity contribution in [2.24, 2.45) is 7.05 Å². The number of nitrogens with one attached hydrogen (secondary N) is 2. The van der Waals surface area contributed by atoms with Crippen LogP contribution in [0.5, 0.6) is 0 Å². The smallest absolute Gasteiger partial charge is 0.291 e. The average Bonchev–Trinajstić information content (AvgIpc) is 3.49. The molecule has 3 aromatic heterocycles. The summed E-state index contributed by atoms with van der Waals surface area (Å²) in [7, 11) is 1.82. The lowest BCUT2D eigenvalue weighted by Crippen LogP contribution is -2.30. The summed E-state index contributed by atoms with van der Waals surface area (Å²) in [5.41, 5.74) is 0.696. The highest BCUT2D eigenvalue weighted by molar-refractivity contribution is 7.18. The van der Waals surface area contributed by atoms with Gasteiger partial charge >= 0.3 is 0 Å². The van der Waals surface area contributed by atoms with Gasteiger partial charge in [0.25, 0.3) is 11.8 Å². The number of thiophene rings is 1. The number of amides is 2. The molecule has 2 N–H and O–H groups in total. The van der Waals surface area contributed by atoms with E-state index < -0.39 is 11.9 Å². The molecule has 9 heteroatoms. The Hall–Kier alpha value is -3.72. The van der Waals surface area contributed by atoms with Crippen molar-refractivity contribution in [3.63, 3.8) is 0 Å². The summed E-state index contributed by atoms with van der Waals surface area (Å²) in [5.74, 6) is -0.306. The van der Waals surface area contributed by atoms with Crippen LogP contribution >= 0.6 is 11.3 Å². The molecule has 0 fully saturated rings. The van der Waals surface area contributed by atoms with E-state index in [9.17, 15) is 14.0 Å². The number of imidazole rings is 1. The summed E-state index contributed by atoms with van der Waals surface area (Å²) in [4.78, 5) is 29.7. The van der Waals surface area contributed by atoms with E-state index in [2.05, 4.69) is 15.6 Å². The molecule has 3 heterocycles. The van der Waals surface area contributed by atoms with Crippen molar-refractivity contribution < 1.29 is 18.4 Å². The number of halogens is 1. The van der Waals surface area contributed by atoms with Crippen molar-refractivity contribution in [3.8, 4) is 0 Å². The Morgan fingerprint density at radius 3 is 2.60 bits per heavy atom. The number of aromatic nitrogens is 2. The number of aryl methyl sites for hydroxylation is 1. The predicted octanol–water partition coefficient (Wildman–Crippen LogP) is 3.99. The lowest BCUT2D eigenvalue weighted by Gasteiger charge is -2.18. The number of hydrogen-bond donors (Lipinski definition) is 2. The third-order valence-corrected chi connectivity index (χ3v) is 5.41. The van der Waals surface area contributed by atoms with Gasteiger partial charge in [0.15, 0.2) is 5.76 Å². The molecule has 0 spiro atoms. The molecule has 1 atom stereocenters. The number of benzene rings is 1. The van der Waals surface area contributed by atoms with E-state index >= 15 is 0 Å². The minimum absolute atomic E-state index is 0.181. The van der Waals surface area contributed by atoms with E-state index in [0.29, 0.717) is 21.3 Å². The summed E-state index contributed by atoms with van der Waals surface area (Å²) < 4.78 is 20.2. The van der Waals surface area contributed by atoms with Crippen LogP contribution in [0.25, 0.3) is 0 Å². The number of nitrogens with zero attached hydrogens (tertiary/aromatic N) is 2. The third kappa shape index (κ3) is 4.15. The molecule has 0 saturated heterocycles. The first kappa shape index (κ1) is 19.6. The summed E-state index contributed by atoms with van der Waals surface area (Å²) in [6.07, 6.45) is 4.81. The molecule has 0 aliphatic rings. The van der Waals surface area contributed by atoms with Crippen LogP contribution in [0.15, 0.2) is 71.6 Å². The molecule has 4 rings (SSSR count). The van der Waals surface area contributed by atoms with E-state index in [0.717, 1.165) is 11.3 Å². The summed E-state index contributed by atoms with van der Waals surface area (Å²) in [6.45, 7) is 0. The normalized spacial score (nSPS) is 11.8. The minimum atomic E-state index is -0.568. The fourth-order valence-electron chi connectivity index (χ4n) is 2.92. The first-order valence-corrected chi connectivity index (χ1v) is 9.81. The van der Waals surface area contributed by atoms with Gasteiger partial charge in [0, 0.05) is 19.4 Å². The maximum atomic E-state index is 13.4. The number of anilines is 1. The van der Waals surface area contributed by atoms with E-state index in [1.807, 2.05) is 7.05 Å². The fourth-order valence-corrected chi connectivity index (χ4v) is 3.72. The Morgan fingerprint density at radius 2 is 1.93 bits per heavy atom. The summed E-state index contributed by atoms with van der Waals surface area (Å²) >= 11 is 1.13. The van der Waals surface area contributed by atoms with Crippen molar-refractivity contribution in [3.05, 3.63) is 95.0 Å². The van der Waals surface area contributed by atoms with Gasteiger partial charge in [-0.25, -0.2) is 9.37 Å². The van der Waals surface area contributed by atoms with Crippen molar-refractivity contribution >= 4 is 28.2 Å². The zero-order valence-electron chi connectivity index (χ0n) is 15.8. The third-order valence-electron chi connectivity index (χ3n) is 4.41. The molecule has 4 aromatic rings. The van der Waals surface area contributed by atoms with Crippen molar-refractivity contribution in [1.82, 2.24) is 14.9 Å². The van der Waals surface area contributed by atoms with Crippen LogP contribution in [0.1, 0.15) is 37.7 Å². The number of carbonyl (C=O) groups is 2. The molecule has 1 unspecified atom stereocenters. The second kappa shape index (κ2) is 8.34. The number of carbonyl (C=O) groups excluding carboxylic acids is 2. The van der Waals surface area contributed by atoms with Gasteiger partial charge in [0.05, 0.1) is 16.1 Å². The molecular formula is C21H17FN4O3S. The van der Waals surface area contributed by atoms with E-state index in [4.69, 9.17) is 4.42 Å². The van der Waals surface area contributed by atoms with Gasteiger partial charge in [-0.3, -0.25) is 9.59 Å². The van der Waals surface area contributed by atoms with Crippen LogP contribution in [0.3, 0.4) is 0 Å². The second-order valence-electron chi connectivity index (χ2n) is 6.45. The Balaban J connectivity index is 1.53. The van der Waals surface area contributed by atoms with Crippen LogP contribution in [0.4, 0.5) is 9.39 Å². The monoisotopic (exact) mass is 424 g/mol. The van der Waals surface area contributed by atoms with Gasteiger partial charge in [0.1, 0.15) is 17.7 Å².